The molecule has 2 rings (SSSR count). The zero-order chi connectivity index (χ0) is 18.8. The van der Waals surface area contributed by atoms with Gasteiger partial charge in [-0.25, -0.2) is 4.79 Å². The average molecular weight is 351 g/mol. The monoisotopic (exact) mass is 351 g/mol. The van der Waals surface area contributed by atoms with E-state index in [9.17, 15) is 14.4 Å². The van der Waals surface area contributed by atoms with E-state index in [4.69, 9.17) is 9.47 Å². The van der Waals surface area contributed by atoms with Gasteiger partial charge in [-0.1, -0.05) is 0 Å². The van der Waals surface area contributed by atoms with Crippen LogP contribution in [0.25, 0.3) is 0 Å². The molecule has 1 aliphatic heterocycles. The van der Waals surface area contributed by atoms with Crippen molar-refractivity contribution in [2.24, 2.45) is 13.0 Å². The number of nitrogens with zero attached hydrogens (tertiary/aromatic N) is 2. The summed E-state index contributed by atoms with van der Waals surface area (Å²) in [5, 5.41) is 3.22. The Labute approximate surface area is 146 Å². The highest BCUT2D eigenvalue weighted by atomic mass is 16.6. The number of nitrogens with one attached hydrogen (secondary N) is 1. The van der Waals surface area contributed by atoms with Crippen LogP contribution in [0.15, 0.2) is 17.2 Å². The second kappa shape index (κ2) is 7.35. The minimum Gasteiger partial charge on any atom is -0.489 e. The van der Waals surface area contributed by atoms with E-state index < -0.39 is 29.2 Å². The lowest BCUT2D eigenvalue weighted by molar-refractivity contribution is -0.165. The first-order valence-corrected chi connectivity index (χ1v) is 8.24. The van der Waals surface area contributed by atoms with Gasteiger partial charge in [-0.05, 0) is 27.7 Å². The molecule has 0 bridgehead atoms. The van der Waals surface area contributed by atoms with Crippen molar-refractivity contribution in [3.63, 3.8) is 0 Å². The van der Waals surface area contributed by atoms with E-state index >= 15 is 0 Å². The summed E-state index contributed by atoms with van der Waals surface area (Å²) in [6, 6.07) is -0.568. The van der Waals surface area contributed by atoms with Gasteiger partial charge in [0, 0.05) is 19.5 Å². The number of hydrogen-bond donors (Lipinski definition) is 1. The van der Waals surface area contributed by atoms with Crippen molar-refractivity contribution in [2.45, 2.75) is 51.8 Å². The van der Waals surface area contributed by atoms with Crippen molar-refractivity contribution < 1.29 is 19.1 Å². The normalized spacial score (nSPS) is 24.0. The van der Waals surface area contributed by atoms with E-state index in [2.05, 4.69) is 10.3 Å². The fourth-order valence-electron chi connectivity index (χ4n) is 2.73. The van der Waals surface area contributed by atoms with Gasteiger partial charge in [0.05, 0.1) is 18.4 Å². The van der Waals surface area contributed by atoms with Gasteiger partial charge in [-0.15, -0.1) is 0 Å². The van der Waals surface area contributed by atoms with Gasteiger partial charge in [0.15, 0.2) is 5.75 Å². The number of ketones is 1. The fraction of sp³-hybridized carbons (Fsp3) is 0.647. The molecule has 0 aliphatic carbocycles. The van der Waals surface area contributed by atoms with Crippen LogP contribution in [-0.4, -0.2) is 45.6 Å². The van der Waals surface area contributed by atoms with Crippen LogP contribution < -0.4 is 15.7 Å². The van der Waals surface area contributed by atoms with Crippen LogP contribution in [-0.2, 0) is 21.4 Å². The summed E-state index contributed by atoms with van der Waals surface area (Å²) in [5.74, 6) is -1.25. The highest BCUT2D eigenvalue weighted by Gasteiger charge is 2.42. The second-order valence-electron chi connectivity index (χ2n) is 7.35. The zero-order valence-electron chi connectivity index (χ0n) is 15.2. The van der Waals surface area contributed by atoms with Gasteiger partial charge in [0.2, 0.25) is 0 Å². The van der Waals surface area contributed by atoms with Crippen molar-refractivity contribution >= 4 is 11.8 Å². The molecule has 1 aliphatic rings. The van der Waals surface area contributed by atoms with Crippen LogP contribution in [0.4, 0.5) is 0 Å². The fourth-order valence-corrected chi connectivity index (χ4v) is 2.73. The molecule has 1 unspecified atom stereocenters. The maximum absolute atomic E-state index is 12.5. The Morgan fingerprint density at radius 2 is 2.08 bits per heavy atom. The Hall–Kier alpha value is -2.22. The quantitative estimate of drug-likeness (QED) is 0.620. The summed E-state index contributed by atoms with van der Waals surface area (Å²) in [6.45, 7) is 7.24. The lowest BCUT2D eigenvalue weighted by Gasteiger charge is -2.35. The van der Waals surface area contributed by atoms with E-state index in [1.165, 1.54) is 17.0 Å². The van der Waals surface area contributed by atoms with Crippen molar-refractivity contribution in [3.05, 3.63) is 22.9 Å². The smallest absolute Gasteiger partial charge is 0.347 e. The molecule has 0 radical (unpaired) electrons. The van der Waals surface area contributed by atoms with E-state index in [0.717, 1.165) is 0 Å². The lowest BCUT2D eigenvalue weighted by Crippen LogP contribution is -2.57. The molecule has 3 atom stereocenters. The van der Waals surface area contributed by atoms with Crippen LogP contribution in [0.5, 0.6) is 5.75 Å². The maximum atomic E-state index is 12.5. The second-order valence-corrected chi connectivity index (χ2v) is 7.35. The van der Waals surface area contributed by atoms with E-state index in [0.29, 0.717) is 5.75 Å². The van der Waals surface area contributed by atoms with Gasteiger partial charge in [-0.2, -0.15) is 4.98 Å². The number of piperidine rings is 1. The summed E-state index contributed by atoms with van der Waals surface area (Å²) in [4.78, 5) is 39.8. The summed E-state index contributed by atoms with van der Waals surface area (Å²) in [5.41, 5.74) is -1.06. The largest absolute Gasteiger partial charge is 0.489 e. The Kier molecular flexibility index (Phi) is 5.62. The van der Waals surface area contributed by atoms with Gasteiger partial charge in [0.1, 0.15) is 23.9 Å². The van der Waals surface area contributed by atoms with Crippen LogP contribution in [0.1, 0.15) is 34.1 Å². The standard InChI is InChI=1S/C17H25N3O5/c1-10-6-13(21)14(15(22)25-17(2,3)4)12(19-10)9-24-11-7-18-16(23)20(5)8-11/h7-8,10,12,14,19H,6,9H2,1-5H3/t10-,12+,14?/m0/s1. The van der Waals surface area contributed by atoms with E-state index in [-0.39, 0.29) is 24.9 Å². The first kappa shape index (κ1) is 19.1. The highest BCUT2D eigenvalue weighted by molar-refractivity contribution is 6.00. The average Bonchev–Trinajstić information content (AvgIpc) is 2.45. The van der Waals surface area contributed by atoms with Crippen molar-refractivity contribution in [1.29, 1.82) is 0 Å². The Bertz CT molecular complexity index is 707. The molecule has 8 nitrogen and oxygen atoms in total. The summed E-state index contributed by atoms with van der Waals surface area (Å²) in [6.07, 6.45) is 3.09. The van der Waals surface area contributed by atoms with Crippen molar-refractivity contribution in [2.75, 3.05) is 6.61 Å². The number of esters is 1. The third-order valence-corrected chi connectivity index (χ3v) is 3.77. The predicted molar refractivity (Wildman–Crippen MR) is 90.3 cm³/mol. The molecule has 8 heteroatoms. The Morgan fingerprint density at radius 3 is 2.68 bits per heavy atom. The SMILES string of the molecule is C[C@H]1CC(=O)C(C(=O)OC(C)(C)C)[C@@H](COc2cnc(=O)n(C)c2)N1. The zero-order valence-corrected chi connectivity index (χ0v) is 15.2. The van der Waals surface area contributed by atoms with Crippen LogP contribution in [0.3, 0.4) is 0 Å². The van der Waals surface area contributed by atoms with Gasteiger partial charge >= 0.3 is 11.7 Å². The summed E-state index contributed by atoms with van der Waals surface area (Å²) >= 11 is 0. The number of aryl methyl sites for hydroxylation is 1. The number of ether oxygens (including phenoxy) is 2. The summed E-state index contributed by atoms with van der Waals surface area (Å²) < 4.78 is 12.3. The molecule has 1 N–H and O–H groups in total. The number of rotatable bonds is 4. The van der Waals surface area contributed by atoms with Gasteiger partial charge in [-0.3, -0.25) is 14.2 Å². The van der Waals surface area contributed by atoms with Crippen LogP contribution in [0, 0.1) is 5.92 Å². The van der Waals surface area contributed by atoms with Crippen molar-refractivity contribution in [1.82, 2.24) is 14.9 Å². The Morgan fingerprint density at radius 1 is 1.40 bits per heavy atom. The number of hydrogen-bond acceptors (Lipinski definition) is 7. The molecule has 0 amide bonds. The lowest BCUT2D eigenvalue weighted by atomic mass is 9.86. The third kappa shape index (κ3) is 5.12. The number of Topliss-reactive ketones (excluding diaryl/α,β-unsaturated/α-hetero) is 1. The number of carbonyl (C=O) groups excluding carboxylic acids is 2. The minimum atomic E-state index is -0.920. The molecule has 1 saturated heterocycles. The van der Waals surface area contributed by atoms with Crippen LogP contribution in [0.2, 0.25) is 0 Å². The topological polar surface area (TPSA) is 99.5 Å². The maximum Gasteiger partial charge on any atom is 0.347 e. The number of aromatic nitrogens is 2. The Balaban J connectivity index is 2.12. The van der Waals surface area contributed by atoms with E-state index in [1.54, 1.807) is 27.8 Å². The molecule has 0 aromatic carbocycles. The first-order valence-electron chi connectivity index (χ1n) is 8.24. The van der Waals surface area contributed by atoms with Crippen LogP contribution >= 0.6 is 0 Å². The molecule has 0 spiro atoms. The third-order valence-electron chi connectivity index (χ3n) is 3.77. The minimum absolute atomic E-state index is 0.0574. The molecule has 138 valence electrons. The molecule has 1 aromatic rings. The molecule has 2 heterocycles. The van der Waals surface area contributed by atoms with Crippen molar-refractivity contribution in [3.8, 4) is 5.75 Å². The summed E-state index contributed by atoms with van der Waals surface area (Å²) in [7, 11) is 1.57. The molecule has 1 aromatic heterocycles. The van der Waals surface area contributed by atoms with Gasteiger partial charge in [0.25, 0.3) is 0 Å². The number of carbonyl (C=O) groups is 2. The van der Waals surface area contributed by atoms with E-state index in [1.807, 2.05) is 6.92 Å². The molecule has 1 fully saturated rings. The first-order chi connectivity index (χ1) is 11.6. The van der Waals surface area contributed by atoms with Gasteiger partial charge < -0.3 is 14.8 Å². The predicted octanol–water partition coefficient (Wildman–Crippen LogP) is 0.437. The molecule has 0 saturated carbocycles. The molecular formula is C17H25N3O5. The highest BCUT2D eigenvalue weighted by Crippen LogP contribution is 2.22. The molecule has 25 heavy (non-hydrogen) atoms. The molecular weight excluding hydrogens is 326 g/mol.